The number of nitrogen functional groups attached to an aromatic ring is 1. The molecule has 8 bridgehead atoms. The van der Waals surface area contributed by atoms with Crippen LogP contribution in [0.15, 0.2) is 48.5 Å². The number of hydrogen-bond acceptors (Lipinski definition) is 6. The Morgan fingerprint density at radius 3 is 2.63 bits per heavy atom. The van der Waals surface area contributed by atoms with Crippen molar-refractivity contribution in [2.45, 2.75) is 64.3 Å². The average Bonchev–Trinajstić information content (AvgIpc) is 3.33. The molecule has 1 atom stereocenters. The van der Waals surface area contributed by atoms with Gasteiger partial charge in [0.05, 0.1) is 28.8 Å². The van der Waals surface area contributed by atoms with Gasteiger partial charge in [-0.15, -0.1) is 0 Å². The van der Waals surface area contributed by atoms with Gasteiger partial charge < -0.3 is 25.3 Å². The molecule has 4 heterocycles. The maximum atomic E-state index is 13.8. The molecule has 9 heteroatoms. The highest BCUT2D eigenvalue weighted by molar-refractivity contribution is 5.95. The van der Waals surface area contributed by atoms with Gasteiger partial charge in [-0.1, -0.05) is 43.2 Å². The highest BCUT2D eigenvalue weighted by Crippen LogP contribution is 2.38. The number of benzene rings is 3. The highest BCUT2D eigenvalue weighted by Gasteiger charge is 2.28. The zero-order valence-corrected chi connectivity index (χ0v) is 25.0. The second kappa shape index (κ2) is 11.7. The fourth-order valence-corrected chi connectivity index (χ4v) is 6.73. The topological polar surface area (TPSA) is 131 Å². The number of aryl methyl sites for hydroxylation is 2. The van der Waals surface area contributed by atoms with Gasteiger partial charge in [0.1, 0.15) is 0 Å². The molecule has 0 saturated carbocycles. The largest absolute Gasteiger partial charge is 0.481 e. The Morgan fingerprint density at radius 1 is 1.00 bits per heavy atom. The van der Waals surface area contributed by atoms with E-state index in [2.05, 4.69) is 30.3 Å². The number of anilines is 2. The summed E-state index contributed by atoms with van der Waals surface area (Å²) in [5, 5.41) is 11.6. The standard InChI is InChI=1S/C34H40N6O3/c1-21-26-11-13-30(32(21)35)40(36)15-6-4-3-5-7-22-8-12-29-28(17-22)37-33(38(29)2)34(43)39-16-14-23-9-10-24(18-25(23)20-39)27(26)19-31(41)42/h8-13,17-18,27H,3-7,14-16,19-20,35-36H2,1-2H3,(H,41,42). The number of nitrogens with two attached hydrogens (primary N) is 2. The molecule has 7 rings (SSSR count). The second-order valence-electron chi connectivity index (χ2n) is 12.0. The highest BCUT2D eigenvalue weighted by atomic mass is 16.4. The maximum absolute atomic E-state index is 13.8. The summed E-state index contributed by atoms with van der Waals surface area (Å²) >= 11 is 0. The van der Waals surface area contributed by atoms with Gasteiger partial charge in [0.15, 0.2) is 5.82 Å². The minimum Gasteiger partial charge on any atom is -0.481 e. The van der Waals surface area contributed by atoms with Gasteiger partial charge in [0, 0.05) is 32.6 Å². The number of nitrogens with zero attached hydrogens (tertiary/aromatic N) is 4. The number of imidazole rings is 1. The van der Waals surface area contributed by atoms with Crippen LogP contribution in [0.1, 0.15) is 82.0 Å². The molecule has 1 aromatic heterocycles. The van der Waals surface area contributed by atoms with E-state index in [1.165, 1.54) is 11.1 Å². The normalized spacial score (nSPS) is 17.8. The first-order valence-electron chi connectivity index (χ1n) is 15.2. The molecule has 0 fully saturated rings. The predicted octanol–water partition coefficient (Wildman–Crippen LogP) is 5.07. The summed E-state index contributed by atoms with van der Waals surface area (Å²) in [5.41, 5.74) is 15.8. The van der Waals surface area contributed by atoms with Crippen LogP contribution in [0, 0.1) is 6.92 Å². The number of hydrazine groups is 1. The summed E-state index contributed by atoms with van der Waals surface area (Å²) < 4.78 is 1.89. The van der Waals surface area contributed by atoms with Crippen LogP contribution in [0.25, 0.3) is 11.0 Å². The van der Waals surface area contributed by atoms with Crippen molar-refractivity contribution in [3.63, 3.8) is 0 Å². The van der Waals surface area contributed by atoms with Gasteiger partial charge in [-0.25, -0.2) is 10.8 Å². The van der Waals surface area contributed by atoms with E-state index in [0.29, 0.717) is 31.1 Å². The minimum atomic E-state index is -0.885. The third-order valence-corrected chi connectivity index (χ3v) is 9.28. The van der Waals surface area contributed by atoms with Crippen molar-refractivity contribution >= 4 is 34.3 Å². The van der Waals surface area contributed by atoms with Gasteiger partial charge in [-0.05, 0) is 84.2 Å². The lowest BCUT2D eigenvalue weighted by Crippen LogP contribution is -2.37. The van der Waals surface area contributed by atoms with Crippen LogP contribution in [-0.2, 0) is 31.2 Å². The van der Waals surface area contributed by atoms with Gasteiger partial charge in [0.25, 0.3) is 5.91 Å². The average molecular weight is 581 g/mol. The van der Waals surface area contributed by atoms with E-state index >= 15 is 0 Å². The predicted molar refractivity (Wildman–Crippen MR) is 169 cm³/mol. The Labute approximate surface area is 252 Å². The molecule has 3 aliphatic heterocycles. The first-order valence-corrected chi connectivity index (χ1v) is 15.2. The van der Waals surface area contributed by atoms with Gasteiger partial charge in [-0.3, -0.25) is 9.59 Å². The molecule has 0 radical (unpaired) electrons. The fraction of sp³-hybridized carbons (Fsp3) is 0.382. The number of aliphatic carboxylic acids is 1. The summed E-state index contributed by atoms with van der Waals surface area (Å²) in [5.74, 6) is 5.53. The van der Waals surface area contributed by atoms with Crippen molar-refractivity contribution in [3.05, 3.63) is 87.7 Å². The lowest BCUT2D eigenvalue weighted by atomic mass is 9.83. The van der Waals surface area contributed by atoms with Crippen molar-refractivity contribution in [2.75, 3.05) is 23.8 Å². The molecular formula is C34H40N6O3. The summed E-state index contributed by atoms with van der Waals surface area (Å²) in [7, 11) is 1.90. The number of carbonyl (C=O) groups excluding carboxylic acids is 1. The van der Waals surface area contributed by atoms with Crippen LogP contribution in [0.2, 0.25) is 0 Å². The number of rotatable bonds is 2. The molecule has 3 aliphatic rings. The van der Waals surface area contributed by atoms with Crippen molar-refractivity contribution in [1.29, 1.82) is 0 Å². The summed E-state index contributed by atoms with van der Waals surface area (Å²) in [6.45, 7) is 3.67. The molecule has 43 heavy (non-hydrogen) atoms. The lowest BCUT2D eigenvalue weighted by Gasteiger charge is -2.30. The van der Waals surface area contributed by atoms with Gasteiger partial charge in [0.2, 0.25) is 0 Å². The van der Waals surface area contributed by atoms with Crippen molar-refractivity contribution in [3.8, 4) is 0 Å². The molecule has 1 amide bonds. The number of hydrogen-bond donors (Lipinski definition) is 3. The van der Waals surface area contributed by atoms with Crippen molar-refractivity contribution in [2.24, 2.45) is 12.9 Å². The van der Waals surface area contributed by atoms with E-state index in [-0.39, 0.29) is 12.3 Å². The Morgan fingerprint density at radius 2 is 1.81 bits per heavy atom. The van der Waals surface area contributed by atoms with Crippen LogP contribution >= 0.6 is 0 Å². The molecule has 5 N–H and O–H groups in total. The molecule has 1 unspecified atom stereocenters. The van der Waals surface area contributed by atoms with E-state index in [1.54, 1.807) is 5.01 Å². The van der Waals surface area contributed by atoms with Crippen molar-refractivity contribution < 1.29 is 14.7 Å². The van der Waals surface area contributed by atoms with E-state index in [9.17, 15) is 14.7 Å². The van der Waals surface area contributed by atoms with E-state index in [1.807, 2.05) is 41.6 Å². The molecule has 9 nitrogen and oxygen atoms in total. The molecular weight excluding hydrogens is 540 g/mol. The molecule has 3 aromatic carbocycles. The van der Waals surface area contributed by atoms with Gasteiger partial charge >= 0.3 is 5.97 Å². The zero-order valence-electron chi connectivity index (χ0n) is 25.0. The molecule has 224 valence electrons. The smallest absolute Gasteiger partial charge is 0.304 e. The molecule has 0 aliphatic carbocycles. The summed E-state index contributed by atoms with van der Waals surface area (Å²) in [6, 6.07) is 16.4. The Kier molecular flexibility index (Phi) is 7.83. The number of carbonyl (C=O) groups is 2. The van der Waals surface area contributed by atoms with Crippen LogP contribution in [0.5, 0.6) is 0 Å². The zero-order chi connectivity index (χ0) is 30.2. The van der Waals surface area contributed by atoms with Gasteiger partial charge in [-0.2, -0.15) is 0 Å². The first-order chi connectivity index (χ1) is 20.7. The third-order valence-electron chi connectivity index (χ3n) is 9.28. The number of fused-ring (bicyclic) bond motifs is 8. The number of carboxylic acids is 1. The number of aromatic nitrogens is 2. The third kappa shape index (κ3) is 5.57. The summed E-state index contributed by atoms with van der Waals surface area (Å²) in [6.07, 6.45) is 5.74. The van der Waals surface area contributed by atoms with Crippen LogP contribution in [0.3, 0.4) is 0 Å². The quantitative estimate of drug-likeness (QED) is 0.223. The Bertz CT molecular complexity index is 1710. The Balaban J connectivity index is 1.41. The van der Waals surface area contributed by atoms with E-state index in [0.717, 1.165) is 77.5 Å². The maximum Gasteiger partial charge on any atom is 0.304 e. The number of carboxylic acid groups (broad SMARTS) is 1. The van der Waals surface area contributed by atoms with Crippen LogP contribution < -0.4 is 16.6 Å². The molecule has 0 saturated heterocycles. The lowest BCUT2D eigenvalue weighted by molar-refractivity contribution is -0.137. The Hall–Kier alpha value is -4.37. The monoisotopic (exact) mass is 580 g/mol. The van der Waals surface area contributed by atoms with E-state index in [4.69, 9.17) is 16.6 Å². The SMILES string of the molecule is Cc1c2ccc(c1N)N(N)CCCCCCc1ccc3c(c1)nc(n3C)C(=O)N1CCc3ccc(cc3C1)C2CC(=O)O. The van der Waals surface area contributed by atoms with Crippen LogP contribution in [-0.4, -0.2) is 44.5 Å². The van der Waals surface area contributed by atoms with Crippen LogP contribution in [0.4, 0.5) is 11.4 Å². The molecule has 0 spiro atoms. The van der Waals surface area contributed by atoms with E-state index < -0.39 is 11.9 Å². The summed E-state index contributed by atoms with van der Waals surface area (Å²) in [4.78, 5) is 32.5. The fourth-order valence-electron chi connectivity index (χ4n) is 6.73. The number of amides is 1. The molecule has 4 aromatic rings. The first kappa shape index (κ1) is 28.7. The minimum absolute atomic E-state index is 0.0742. The van der Waals surface area contributed by atoms with Crippen molar-refractivity contribution in [1.82, 2.24) is 14.5 Å². The second-order valence-corrected chi connectivity index (χ2v) is 12.0.